The zero-order chi connectivity index (χ0) is 20.3. The number of ether oxygens (including phenoxy) is 2. The molecule has 1 aromatic rings. The Bertz CT molecular complexity index is 795. The topological polar surface area (TPSA) is 117 Å². The van der Waals surface area contributed by atoms with Crippen LogP contribution in [0.3, 0.4) is 0 Å². The maximum atomic E-state index is 13.1. The fraction of sp³-hybridized carbons (Fsp3) is 0.600. The molecule has 1 saturated carbocycles. The van der Waals surface area contributed by atoms with Crippen molar-refractivity contribution < 1.29 is 23.5 Å². The smallest absolute Gasteiger partial charge is 0.336 e. The predicted molar refractivity (Wildman–Crippen MR) is 102 cm³/mol. The molecule has 1 aromatic heterocycles. The molecule has 1 fully saturated rings. The lowest BCUT2D eigenvalue weighted by Gasteiger charge is -2.40. The van der Waals surface area contributed by atoms with E-state index < -0.39 is 17.8 Å². The number of oxazole rings is 1. The quantitative estimate of drug-likeness (QED) is 0.560. The molecule has 1 aliphatic heterocycles. The van der Waals surface area contributed by atoms with Gasteiger partial charge in [-0.15, -0.1) is 0 Å². The van der Waals surface area contributed by atoms with Gasteiger partial charge in [-0.2, -0.15) is 0 Å². The van der Waals surface area contributed by atoms with Crippen LogP contribution in [0.25, 0.3) is 0 Å². The number of rotatable bonds is 7. The van der Waals surface area contributed by atoms with Crippen molar-refractivity contribution in [3.8, 4) is 0 Å². The summed E-state index contributed by atoms with van der Waals surface area (Å²) in [5.41, 5.74) is 6.79. The summed E-state index contributed by atoms with van der Waals surface area (Å²) in [6.07, 6.45) is 4.00. The van der Waals surface area contributed by atoms with Crippen molar-refractivity contribution in [3.05, 3.63) is 29.6 Å². The summed E-state index contributed by atoms with van der Waals surface area (Å²) in [4.78, 5) is 34.9. The number of aliphatic imine (C=N–C) groups is 1. The first-order valence-corrected chi connectivity index (χ1v) is 9.55. The van der Waals surface area contributed by atoms with Gasteiger partial charge in [-0.1, -0.05) is 13.8 Å². The molecule has 8 heteroatoms. The highest BCUT2D eigenvalue weighted by molar-refractivity contribution is 6.12. The molecule has 2 atom stereocenters. The van der Waals surface area contributed by atoms with E-state index in [9.17, 15) is 9.59 Å². The van der Waals surface area contributed by atoms with Gasteiger partial charge in [-0.25, -0.2) is 9.78 Å². The molecule has 2 heterocycles. The van der Waals surface area contributed by atoms with Crippen LogP contribution in [0, 0.1) is 11.3 Å². The molecule has 0 saturated heterocycles. The molecule has 28 heavy (non-hydrogen) atoms. The molecule has 152 valence electrons. The minimum atomic E-state index is -0.665. The third-order valence-electron chi connectivity index (χ3n) is 4.97. The van der Waals surface area contributed by atoms with Crippen LogP contribution in [0.1, 0.15) is 45.4 Å². The Morgan fingerprint density at radius 2 is 2.14 bits per heavy atom. The summed E-state index contributed by atoms with van der Waals surface area (Å²) in [7, 11) is 0. The molecular weight excluding hydrogens is 362 g/mol. The molecule has 2 aliphatic rings. The summed E-state index contributed by atoms with van der Waals surface area (Å²) >= 11 is 0. The Kier molecular flexibility index (Phi) is 6.10. The number of carbonyl (C=O) groups is 2. The van der Waals surface area contributed by atoms with E-state index >= 15 is 0 Å². The summed E-state index contributed by atoms with van der Waals surface area (Å²) in [6, 6.07) is 0. The minimum Gasteiger partial charge on any atom is -0.463 e. The fourth-order valence-electron chi connectivity index (χ4n) is 3.97. The van der Waals surface area contributed by atoms with Crippen molar-refractivity contribution in [1.82, 2.24) is 4.98 Å². The number of esters is 1. The highest BCUT2D eigenvalue weighted by atomic mass is 16.5. The van der Waals surface area contributed by atoms with Gasteiger partial charge in [0.1, 0.15) is 12.0 Å². The zero-order valence-corrected chi connectivity index (χ0v) is 16.6. The Morgan fingerprint density at radius 3 is 2.79 bits per heavy atom. The van der Waals surface area contributed by atoms with E-state index in [1.165, 1.54) is 12.5 Å². The van der Waals surface area contributed by atoms with Gasteiger partial charge in [0, 0.05) is 18.7 Å². The van der Waals surface area contributed by atoms with Gasteiger partial charge in [-0.05, 0) is 18.8 Å². The zero-order valence-electron chi connectivity index (χ0n) is 16.6. The van der Waals surface area contributed by atoms with E-state index in [-0.39, 0.29) is 30.0 Å². The molecule has 1 aliphatic carbocycles. The SMILES string of the molecule is CCOC(=O)C1=C(COCCN)N=C2CC(C)(C)CC(=O)C2C1c1ncco1. The number of Topliss-reactive ketones (excluding diaryl/α,β-unsaturated/α-hetero) is 1. The van der Waals surface area contributed by atoms with Crippen LogP contribution in [0.2, 0.25) is 0 Å². The number of carbonyl (C=O) groups excluding carboxylic acids is 2. The maximum Gasteiger partial charge on any atom is 0.336 e. The lowest BCUT2D eigenvalue weighted by Crippen LogP contribution is -2.44. The average molecular weight is 389 g/mol. The van der Waals surface area contributed by atoms with E-state index in [4.69, 9.17) is 24.6 Å². The van der Waals surface area contributed by atoms with Crippen LogP contribution in [-0.2, 0) is 19.1 Å². The third kappa shape index (κ3) is 4.07. The van der Waals surface area contributed by atoms with Gasteiger partial charge in [0.15, 0.2) is 0 Å². The van der Waals surface area contributed by atoms with Gasteiger partial charge in [0.25, 0.3) is 0 Å². The second kappa shape index (κ2) is 8.36. The number of aromatic nitrogens is 1. The van der Waals surface area contributed by atoms with Crippen molar-refractivity contribution in [2.24, 2.45) is 22.1 Å². The van der Waals surface area contributed by atoms with E-state index in [1.54, 1.807) is 6.92 Å². The van der Waals surface area contributed by atoms with Crippen LogP contribution < -0.4 is 5.73 Å². The molecule has 0 radical (unpaired) electrons. The lowest BCUT2D eigenvalue weighted by molar-refractivity contribution is -0.139. The Morgan fingerprint density at radius 1 is 1.36 bits per heavy atom. The first-order valence-electron chi connectivity index (χ1n) is 9.55. The summed E-state index contributed by atoms with van der Waals surface area (Å²) in [6.45, 7) is 6.82. The van der Waals surface area contributed by atoms with Gasteiger partial charge < -0.3 is 19.6 Å². The monoisotopic (exact) mass is 389 g/mol. The molecular formula is C20H27N3O5. The summed E-state index contributed by atoms with van der Waals surface area (Å²) in [5, 5.41) is 0. The number of nitrogens with two attached hydrogens (primary N) is 1. The maximum absolute atomic E-state index is 13.1. The fourth-order valence-corrected chi connectivity index (χ4v) is 3.97. The molecule has 0 amide bonds. The number of fused-ring (bicyclic) bond motifs is 1. The highest BCUT2D eigenvalue weighted by Gasteiger charge is 2.49. The molecule has 0 bridgehead atoms. The molecule has 0 aromatic carbocycles. The first kappa shape index (κ1) is 20.4. The van der Waals surface area contributed by atoms with E-state index in [0.717, 1.165) is 5.71 Å². The summed E-state index contributed by atoms with van der Waals surface area (Å²) in [5.74, 6) is -1.43. The first-order chi connectivity index (χ1) is 13.4. The van der Waals surface area contributed by atoms with Gasteiger partial charge >= 0.3 is 5.97 Å². The normalized spacial score (nSPS) is 24.0. The van der Waals surface area contributed by atoms with Gasteiger partial charge in [0.05, 0.1) is 49.1 Å². The highest BCUT2D eigenvalue weighted by Crippen LogP contribution is 2.46. The number of hydrogen-bond donors (Lipinski definition) is 1. The Balaban J connectivity index is 2.13. The summed E-state index contributed by atoms with van der Waals surface area (Å²) < 4.78 is 16.4. The van der Waals surface area contributed by atoms with E-state index in [1.807, 2.05) is 13.8 Å². The van der Waals surface area contributed by atoms with Crippen LogP contribution in [0.4, 0.5) is 0 Å². The lowest BCUT2D eigenvalue weighted by atomic mass is 9.64. The van der Waals surface area contributed by atoms with Crippen molar-refractivity contribution >= 4 is 17.5 Å². The van der Waals surface area contributed by atoms with Crippen LogP contribution >= 0.6 is 0 Å². The van der Waals surface area contributed by atoms with Crippen LogP contribution in [0.5, 0.6) is 0 Å². The second-order valence-electron chi connectivity index (χ2n) is 7.84. The van der Waals surface area contributed by atoms with Crippen LogP contribution in [0.15, 0.2) is 33.1 Å². The Labute approximate surface area is 164 Å². The van der Waals surface area contributed by atoms with Crippen LogP contribution in [-0.4, -0.2) is 48.8 Å². The van der Waals surface area contributed by atoms with Crippen molar-refractivity contribution in [2.45, 2.75) is 39.5 Å². The van der Waals surface area contributed by atoms with E-state index in [0.29, 0.717) is 37.6 Å². The largest absolute Gasteiger partial charge is 0.463 e. The molecule has 2 N–H and O–H groups in total. The predicted octanol–water partition coefficient (Wildman–Crippen LogP) is 2.01. The van der Waals surface area contributed by atoms with Crippen molar-refractivity contribution in [1.29, 1.82) is 0 Å². The molecule has 8 nitrogen and oxygen atoms in total. The van der Waals surface area contributed by atoms with Gasteiger partial charge in [0.2, 0.25) is 5.89 Å². The van der Waals surface area contributed by atoms with Gasteiger partial charge in [-0.3, -0.25) is 9.79 Å². The number of hydrogen-bond acceptors (Lipinski definition) is 8. The van der Waals surface area contributed by atoms with E-state index in [2.05, 4.69) is 4.98 Å². The third-order valence-corrected chi connectivity index (χ3v) is 4.97. The number of nitrogens with zero attached hydrogens (tertiary/aromatic N) is 2. The molecule has 0 spiro atoms. The molecule has 3 rings (SSSR count). The second-order valence-corrected chi connectivity index (χ2v) is 7.84. The van der Waals surface area contributed by atoms with Crippen molar-refractivity contribution in [3.63, 3.8) is 0 Å². The van der Waals surface area contributed by atoms with Crippen molar-refractivity contribution in [2.75, 3.05) is 26.4 Å². The number of ketones is 1. The minimum absolute atomic E-state index is 0.0296. The Hall–Kier alpha value is -2.32. The standard InChI is InChI=1S/C20H27N3O5/c1-4-27-19(25)16-13(11-26-7-5-21)23-12-9-20(2,3)10-14(24)15(12)17(16)18-22-6-8-28-18/h6,8,15,17H,4-5,7,9-11,21H2,1-3H3. The molecule has 2 unspecified atom stereocenters. The average Bonchev–Trinajstić information content (AvgIpc) is 3.14.